The molecule has 0 aliphatic rings. The van der Waals surface area contributed by atoms with Crippen LogP contribution in [0, 0.1) is 5.82 Å². The van der Waals surface area contributed by atoms with Gasteiger partial charge in [-0.3, -0.25) is 9.78 Å². The van der Waals surface area contributed by atoms with Crippen molar-refractivity contribution in [1.29, 1.82) is 0 Å². The normalized spacial score (nSPS) is 10.5. The molecule has 2 rings (SSSR count). The first-order valence-corrected chi connectivity index (χ1v) is 5.26. The smallest absolute Gasteiger partial charge is 0.266 e. The summed E-state index contributed by atoms with van der Waals surface area (Å²) in [6.45, 7) is 0. The van der Waals surface area contributed by atoms with Crippen LogP contribution in [0.3, 0.4) is 0 Å². The van der Waals surface area contributed by atoms with Gasteiger partial charge in [0.05, 0.1) is 6.21 Å². The van der Waals surface area contributed by atoms with E-state index in [1.807, 2.05) is 0 Å². The van der Waals surface area contributed by atoms with Gasteiger partial charge < -0.3 is 0 Å². The first-order chi connectivity index (χ1) is 8.77. The second-order valence-corrected chi connectivity index (χ2v) is 3.44. The third-order valence-electron chi connectivity index (χ3n) is 2.17. The van der Waals surface area contributed by atoms with Crippen LogP contribution in [0.4, 0.5) is 4.39 Å². The van der Waals surface area contributed by atoms with Crippen LogP contribution in [-0.4, -0.2) is 17.1 Å². The molecular weight excluding hydrogens is 233 g/mol. The molecule has 1 aromatic carbocycles. The standard InChI is InChI=1S/C13H10FN3O/c14-11-6-2-1-5-10(11)9-16-17-13(18)12-7-3-4-8-15-12/h1-9H,(H,17,18)/b16-9-. The summed E-state index contributed by atoms with van der Waals surface area (Å²) < 4.78 is 13.2. The number of carbonyl (C=O) groups is 1. The zero-order valence-electron chi connectivity index (χ0n) is 9.38. The summed E-state index contributed by atoms with van der Waals surface area (Å²) in [5, 5.41) is 3.67. The molecule has 4 nitrogen and oxygen atoms in total. The Labute approximate surface area is 103 Å². The molecule has 1 heterocycles. The first-order valence-electron chi connectivity index (χ1n) is 5.26. The Bertz CT molecular complexity index is 569. The highest BCUT2D eigenvalue weighted by atomic mass is 19.1. The van der Waals surface area contributed by atoms with Crippen molar-refractivity contribution in [1.82, 2.24) is 10.4 Å². The van der Waals surface area contributed by atoms with E-state index in [9.17, 15) is 9.18 Å². The molecule has 0 saturated heterocycles. The number of rotatable bonds is 3. The van der Waals surface area contributed by atoms with Gasteiger partial charge in [-0.25, -0.2) is 9.82 Å². The van der Waals surface area contributed by atoms with E-state index in [1.54, 1.807) is 36.4 Å². The number of hydrogen-bond acceptors (Lipinski definition) is 3. The van der Waals surface area contributed by atoms with E-state index in [1.165, 1.54) is 18.5 Å². The minimum absolute atomic E-state index is 0.253. The fourth-order valence-corrected chi connectivity index (χ4v) is 1.29. The van der Waals surface area contributed by atoms with E-state index in [4.69, 9.17) is 0 Å². The number of benzene rings is 1. The number of hydrazone groups is 1. The SMILES string of the molecule is O=C(N/N=C\c1ccccc1F)c1ccccn1. The zero-order chi connectivity index (χ0) is 12.8. The van der Waals surface area contributed by atoms with Crippen LogP contribution in [-0.2, 0) is 0 Å². The largest absolute Gasteiger partial charge is 0.289 e. The quantitative estimate of drug-likeness (QED) is 0.662. The van der Waals surface area contributed by atoms with Crippen molar-refractivity contribution in [2.45, 2.75) is 0 Å². The molecule has 2 aromatic rings. The highest BCUT2D eigenvalue weighted by molar-refractivity contribution is 5.93. The molecule has 0 fully saturated rings. The van der Waals surface area contributed by atoms with Crippen molar-refractivity contribution in [3.8, 4) is 0 Å². The summed E-state index contributed by atoms with van der Waals surface area (Å²) in [6.07, 6.45) is 2.76. The second-order valence-electron chi connectivity index (χ2n) is 3.44. The molecule has 1 aromatic heterocycles. The van der Waals surface area contributed by atoms with Crippen LogP contribution in [0.1, 0.15) is 16.1 Å². The molecule has 0 atom stereocenters. The number of carbonyl (C=O) groups excluding carboxylic acids is 1. The zero-order valence-corrected chi connectivity index (χ0v) is 9.38. The van der Waals surface area contributed by atoms with Crippen LogP contribution < -0.4 is 5.43 Å². The van der Waals surface area contributed by atoms with Gasteiger partial charge in [-0.15, -0.1) is 0 Å². The molecule has 0 aliphatic carbocycles. The van der Waals surface area contributed by atoms with Gasteiger partial charge in [0.15, 0.2) is 0 Å². The van der Waals surface area contributed by atoms with E-state index in [0.29, 0.717) is 5.56 Å². The molecule has 0 saturated carbocycles. The maximum Gasteiger partial charge on any atom is 0.289 e. The molecule has 18 heavy (non-hydrogen) atoms. The average molecular weight is 243 g/mol. The molecule has 5 heteroatoms. The Hall–Kier alpha value is -2.56. The van der Waals surface area contributed by atoms with E-state index in [0.717, 1.165) is 0 Å². The Kier molecular flexibility index (Phi) is 3.76. The predicted octanol–water partition coefficient (Wildman–Crippen LogP) is 1.98. The number of hydrogen-bond donors (Lipinski definition) is 1. The van der Waals surface area contributed by atoms with Gasteiger partial charge >= 0.3 is 0 Å². The highest BCUT2D eigenvalue weighted by Crippen LogP contribution is 2.02. The van der Waals surface area contributed by atoms with Gasteiger partial charge in [-0.05, 0) is 18.2 Å². The molecule has 90 valence electrons. The van der Waals surface area contributed by atoms with E-state index in [2.05, 4.69) is 15.5 Å². The fraction of sp³-hybridized carbons (Fsp3) is 0. The number of nitrogens with zero attached hydrogens (tertiary/aromatic N) is 2. The van der Waals surface area contributed by atoms with Crippen molar-refractivity contribution < 1.29 is 9.18 Å². The van der Waals surface area contributed by atoms with Crippen molar-refractivity contribution in [2.24, 2.45) is 5.10 Å². The Morgan fingerprint density at radius 1 is 1.22 bits per heavy atom. The van der Waals surface area contributed by atoms with Crippen LogP contribution in [0.2, 0.25) is 0 Å². The Morgan fingerprint density at radius 2 is 2.00 bits per heavy atom. The molecule has 0 spiro atoms. The van der Waals surface area contributed by atoms with Crippen molar-refractivity contribution >= 4 is 12.1 Å². The topological polar surface area (TPSA) is 54.4 Å². The molecule has 0 aliphatic heterocycles. The van der Waals surface area contributed by atoms with Crippen LogP contribution in [0.5, 0.6) is 0 Å². The van der Waals surface area contributed by atoms with Gasteiger partial charge in [0.2, 0.25) is 0 Å². The summed E-state index contributed by atoms with van der Waals surface area (Å²) in [5.74, 6) is -0.837. The molecule has 0 radical (unpaired) electrons. The van der Waals surface area contributed by atoms with Gasteiger partial charge in [0.1, 0.15) is 11.5 Å². The van der Waals surface area contributed by atoms with E-state index >= 15 is 0 Å². The van der Waals surface area contributed by atoms with Gasteiger partial charge in [-0.1, -0.05) is 24.3 Å². The summed E-state index contributed by atoms with van der Waals surface area (Å²) in [7, 11) is 0. The maximum absolute atomic E-state index is 13.2. The second kappa shape index (κ2) is 5.67. The molecular formula is C13H10FN3O. The third kappa shape index (κ3) is 2.98. The lowest BCUT2D eigenvalue weighted by Gasteiger charge is -1.98. The summed E-state index contributed by atoms with van der Waals surface area (Å²) in [6, 6.07) is 11.1. The van der Waals surface area contributed by atoms with Crippen LogP contribution in [0.25, 0.3) is 0 Å². The summed E-state index contributed by atoms with van der Waals surface area (Å²) >= 11 is 0. The van der Waals surface area contributed by atoms with Crippen molar-refractivity contribution in [3.63, 3.8) is 0 Å². The minimum Gasteiger partial charge on any atom is -0.266 e. The molecule has 0 unspecified atom stereocenters. The van der Waals surface area contributed by atoms with Gasteiger partial charge in [-0.2, -0.15) is 5.10 Å². The maximum atomic E-state index is 13.2. The Morgan fingerprint density at radius 3 is 2.72 bits per heavy atom. The number of halogens is 1. The predicted molar refractivity (Wildman–Crippen MR) is 65.7 cm³/mol. The molecule has 1 amide bonds. The fourth-order valence-electron chi connectivity index (χ4n) is 1.29. The van der Waals surface area contributed by atoms with Gasteiger partial charge in [0, 0.05) is 11.8 Å². The lowest BCUT2D eigenvalue weighted by atomic mass is 10.2. The van der Waals surface area contributed by atoms with Crippen LogP contribution in [0.15, 0.2) is 53.8 Å². The lowest BCUT2D eigenvalue weighted by Crippen LogP contribution is -2.18. The van der Waals surface area contributed by atoms with Crippen molar-refractivity contribution in [2.75, 3.05) is 0 Å². The molecule has 1 N–H and O–H groups in total. The van der Waals surface area contributed by atoms with Gasteiger partial charge in [0.25, 0.3) is 5.91 Å². The third-order valence-corrected chi connectivity index (χ3v) is 2.17. The van der Waals surface area contributed by atoms with Crippen molar-refractivity contribution in [3.05, 3.63) is 65.7 Å². The van der Waals surface area contributed by atoms with E-state index < -0.39 is 11.7 Å². The minimum atomic E-state index is -0.441. The highest BCUT2D eigenvalue weighted by Gasteiger charge is 2.03. The first kappa shape index (κ1) is 11.9. The number of pyridine rings is 1. The number of amides is 1. The van der Waals surface area contributed by atoms with E-state index in [-0.39, 0.29) is 5.69 Å². The lowest BCUT2D eigenvalue weighted by molar-refractivity contribution is 0.0950. The number of nitrogens with one attached hydrogen (secondary N) is 1. The monoisotopic (exact) mass is 243 g/mol. The number of aromatic nitrogens is 1. The molecule has 0 bridgehead atoms. The summed E-state index contributed by atoms with van der Waals surface area (Å²) in [4.78, 5) is 15.4. The Balaban J connectivity index is 2.00. The average Bonchev–Trinajstić information content (AvgIpc) is 2.42. The van der Waals surface area contributed by atoms with Crippen LogP contribution >= 0.6 is 0 Å². The summed E-state index contributed by atoms with van der Waals surface area (Å²) in [5.41, 5.74) is 2.83.